The topological polar surface area (TPSA) is 40.6 Å². The highest BCUT2D eigenvalue weighted by Crippen LogP contribution is 2.36. The van der Waals surface area contributed by atoms with Gasteiger partial charge in [0.05, 0.1) is 0 Å². The fraction of sp³-hybridized carbons (Fsp3) is 0.680. The Morgan fingerprint density at radius 2 is 1.20 bits per heavy atom. The average Bonchev–Trinajstić information content (AvgIpc) is 3.00. The number of piperazine rings is 1. The van der Waals surface area contributed by atoms with E-state index in [9.17, 15) is 9.59 Å². The van der Waals surface area contributed by atoms with Crippen molar-refractivity contribution in [1.82, 2.24) is 9.80 Å². The highest BCUT2D eigenvalue weighted by atomic mass is 35.5. The second-order valence-corrected chi connectivity index (χ2v) is 9.80. The van der Waals surface area contributed by atoms with Gasteiger partial charge in [0.15, 0.2) is 0 Å². The zero-order chi connectivity index (χ0) is 20.9. The van der Waals surface area contributed by atoms with E-state index in [-0.39, 0.29) is 30.4 Å². The minimum absolute atomic E-state index is 0.117. The molecule has 164 valence electrons. The van der Waals surface area contributed by atoms with E-state index >= 15 is 0 Å². The normalized spacial score (nSPS) is 25.7. The molecule has 2 amide bonds. The van der Waals surface area contributed by atoms with Gasteiger partial charge >= 0.3 is 0 Å². The summed E-state index contributed by atoms with van der Waals surface area (Å²) in [6, 6.07) is 7.42. The lowest BCUT2D eigenvalue weighted by Crippen LogP contribution is -2.60. The molecule has 1 aromatic rings. The molecular formula is C25H35ClN2O2. The molecule has 1 saturated heterocycles. The molecule has 0 radical (unpaired) electrons. The van der Waals surface area contributed by atoms with Crippen molar-refractivity contribution in [2.45, 2.75) is 102 Å². The Balaban J connectivity index is 1.65. The number of carbonyl (C=O) groups is 2. The van der Waals surface area contributed by atoms with Gasteiger partial charge in [-0.2, -0.15) is 0 Å². The van der Waals surface area contributed by atoms with Crippen LogP contribution in [0.5, 0.6) is 0 Å². The third-order valence-corrected chi connectivity index (χ3v) is 7.56. The molecule has 0 aromatic heterocycles. The summed E-state index contributed by atoms with van der Waals surface area (Å²) < 4.78 is 0. The van der Waals surface area contributed by atoms with Crippen LogP contribution in [0.3, 0.4) is 0 Å². The smallest absolute Gasteiger partial charge is 0.250 e. The summed E-state index contributed by atoms with van der Waals surface area (Å²) in [6.45, 7) is 0.254. The average molecular weight is 431 g/mol. The molecule has 0 bridgehead atoms. The monoisotopic (exact) mass is 430 g/mol. The number of halogens is 1. The number of hydrogen-bond donors (Lipinski definition) is 0. The summed E-state index contributed by atoms with van der Waals surface area (Å²) in [6.07, 6.45) is 14.9. The quantitative estimate of drug-likeness (QED) is 0.561. The second kappa shape index (κ2) is 10.2. The van der Waals surface area contributed by atoms with E-state index in [1.807, 2.05) is 34.1 Å². The second-order valence-electron chi connectivity index (χ2n) is 9.37. The molecule has 5 heteroatoms. The molecule has 30 heavy (non-hydrogen) atoms. The zero-order valence-electron chi connectivity index (χ0n) is 18.0. The molecule has 1 aromatic carbocycles. The largest absolute Gasteiger partial charge is 0.328 e. The minimum atomic E-state index is -0.504. The van der Waals surface area contributed by atoms with Crippen LogP contribution in [-0.4, -0.2) is 40.2 Å². The number of rotatable bonds is 3. The van der Waals surface area contributed by atoms with E-state index in [2.05, 4.69) is 0 Å². The Hall–Kier alpha value is -1.55. The van der Waals surface area contributed by atoms with Crippen molar-refractivity contribution < 1.29 is 9.59 Å². The number of amides is 2. The summed E-state index contributed by atoms with van der Waals surface area (Å²) in [4.78, 5) is 31.3. The van der Waals surface area contributed by atoms with Gasteiger partial charge in [-0.25, -0.2) is 0 Å². The lowest BCUT2D eigenvalue weighted by atomic mass is 9.90. The predicted octanol–water partition coefficient (Wildman–Crippen LogP) is 5.89. The molecule has 4 rings (SSSR count). The van der Waals surface area contributed by atoms with E-state index in [0.717, 1.165) is 56.9 Å². The van der Waals surface area contributed by atoms with Gasteiger partial charge in [0, 0.05) is 17.1 Å². The van der Waals surface area contributed by atoms with E-state index in [0.29, 0.717) is 5.02 Å². The molecule has 1 heterocycles. The van der Waals surface area contributed by atoms with E-state index in [1.165, 1.54) is 32.1 Å². The SMILES string of the molecule is O=C1C(c2ccc(Cl)cc2)N(C2CCCCCCC2)C(=O)CN1C1CCCCCC1. The van der Waals surface area contributed by atoms with Gasteiger partial charge < -0.3 is 9.80 Å². The first-order valence-corrected chi connectivity index (χ1v) is 12.4. The maximum absolute atomic E-state index is 13.9. The molecule has 2 aliphatic carbocycles. The van der Waals surface area contributed by atoms with Crippen LogP contribution >= 0.6 is 11.6 Å². The first-order valence-electron chi connectivity index (χ1n) is 12.0. The van der Waals surface area contributed by atoms with Gasteiger partial charge in [-0.05, 0) is 43.4 Å². The third kappa shape index (κ3) is 4.85. The Morgan fingerprint density at radius 1 is 0.700 bits per heavy atom. The molecule has 3 aliphatic rings. The van der Waals surface area contributed by atoms with Gasteiger partial charge in [-0.3, -0.25) is 9.59 Å². The van der Waals surface area contributed by atoms with Gasteiger partial charge in [0.2, 0.25) is 5.91 Å². The Kier molecular flexibility index (Phi) is 7.35. The molecule has 2 saturated carbocycles. The van der Waals surface area contributed by atoms with Gasteiger partial charge in [0.25, 0.3) is 5.91 Å². The molecule has 3 fully saturated rings. The van der Waals surface area contributed by atoms with E-state index < -0.39 is 6.04 Å². The van der Waals surface area contributed by atoms with Crippen molar-refractivity contribution in [2.75, 3.05) is 6.54 Å². The standard InChI is InChI=1S/C25H35ClN2O2/c26-20-16-14-19(15-17-20)24-25(30)27(21-10-6-4-5-7-11-21)18-23(29)28(24)22-12-8-2-1-3-9-13-22/h14-17,21-22,24H,1-13,18H2. The molecule has 0 spiro atoms. The maximum Gasteiger partial charge on any atom is 0.250 e. The fourth-order valence-corrected chi connectivity index (χ4v) is 5.81. The van der Waals surface area contributed by atoms with Crippen LogP contribution in [0, 0.1) is 0 Å². The number of hydrogen-bond acceptors (Lipinski definition) is 2. The van der Waals surface area contributed by atoms with Gasteiger partial charge in [-0.15, -0.1) is 0 Å². The van der Waals surface area contributed by atoms with Crippen molar-refractivity contribution in [2.24, 2.45) is 0 Å². The highest BCUT2D eigenvalue weighted by Gasteiger charge is 2.45. The van der Waals surface area contributed by atoms with Crippen LogP contribution in [-0.2, 0) is 9.59 Å². The van der Waals surface area contributed by atoms with Crippen molar-refractivity contribution in [3.63, 3.8) is 0 Å². The molecular weight excluding hydrogens is 396 g/mol. The van der Waals surface area contributed by atoms with Gasteiger partial charge in [0.1, 0.15) is 12.6 Å². The highest BCUT2D eigenvalue weighted by molar-refractivity contribution is 6.30. The molecule has 1 unspecified atom stereocenters. The summed E-state index contributed by atoms with van der Waals surface area (Å²) >= 11 is 6.13. The predicted molar refractivity (Wildman–Crippen MR) is 120 cm³/mol. The van der Waals surface area contributed by atoms with Crippen LogP contribution in [0.4, 0.5) is 0 Å². The zero-order valence-corrected chi connectivity index (χ0v) is 18.8. The van der Waals surface area contributed by atoms with Crippen LogP contribution in [0.1, 0.15) is 95.1 Å². The van der Waals surface area contributed by atoms with Crippen molar-refractivity contribution >= 4 is 23.4 Å². The lowest BCUT2D eigenvalue weighted by molar-refractivity contribution is -0.162. The van der Waals surface area contributed by atoms with Crippen LogP contribution in [0.2, 0.25) is 5.02 Å². The molecule has 4 nitrogen and oxygen atoms in total. The summed E-state index contributed by atoms with van der Waals surface area (Å²) in [5.41, 5.74) is 0.901. The van der Waals surface area contributed by atoms with Crippen molar-refractivity contribution in [3.05, 3.63) is 34.9 Å². The molecule has 1 aliphatic heterocycles. The lowest BCUT2D eigenvalue weighted by Gasteiger charge is -2.47. The third-order valence-electron chi connectivity index (χ3n) is 7.31. The van der Waals surface area contributed by atoms with Gasteiger partial charge in [-0.1, -0.05) is 81.5 Å². The number of benzene rings is 1. The van der Waals surface area contributed by atoms with Crippen molar-refractivity contribution in [1.29, 1.82) is 0 Å². The Labute approximate surface area is 185 Å². The number of carbonyl (C=O) groups excluding carboxylic acids is 2. The maximum atomic E-state index is 13.9. The number of nitrogens with zero attached hydrogens (tertiary/aromatic N) is 2. The van der Waals surface area contributed by atoms with Crippen LogP contribution in [0.25, 0.3) is 0 Å². The first kappa shape index (κ1) is 21.7. The fourth-order valence-electron chi connectivity index (χ4n) is 5.68. The minimum Gasteiger partial charge on any atom is -0.328 e. The Morgan fingerprint density at radius 3 is 1.77 bits per heavy atom. The van der Waals surface area contributed by atoms with E-state index in [1.54, 1.807) is 0 Å². The summed E-state index contributed by atoms with van der Waals surface area (Å²) in [5, 5.41) is 0.659. The summed E-state index contributed by atoms with van der Waals surface area (Å²) in [5.74, 6) is 0.246. The van der Waals surface area contributed by atoms with Crippen LogP contribution in [0.15, 0.2) is 24.3 Å². The molecule has 1 atom stereocenters. The summed E-state index contributed by atoms with van der Waals surface area (Å²) in [7, 11) is 0. The van der Waals surface area contributed by atoms with E-state index in [4.69, 9.17) is 11.6 Å². The van der Waals surface area contributed by atoms with Crippen LogP contribution < -0.4 is 0 Å². The molecule has 0 N–H and O–H groups in total. The van der Waals surface area contributed by atoms with Crippen molar-refractivity contribution in [3.8, 4) is 0 Å². The first-order chi connectivity index (χ1) is 14.6. The Bertz CT molecular complexity index is 719.